The largest absolute Gasteiger partial charge is 0.514 e. The van der Waals surface area contributed by atoms with Gasteiger partial charge in [0, 0.05) is 12.8 Å². The zero-order chi connectivity index (χ0) is 30.0. The minimum absolute atomic E-state index is 0.0251. The van der Waals surface area contributed by atoms with E-state index in [1.54, 1.807) is 54.5 Å². The van der Waals surface area contributed by atoms with Crippen LogP contribution >= 0.6 is 0 Å². The number of nitrogens with two attached hydrogens (primary N) is 1. The monoisotopic (exact) mass is 553 g/mol. The number of carbonyl (C=O) groups excluding carboxylic acids is 4. The first kappa shape index (κ1) is 33.7. The molecule has 0 aliphatic heterocycles. The Balaban J connectivity index is 3.22. The van der Waals surface area contributed by atoms with Crippen LogP contribution < -0.4 is 15.2 Å². The number of hydrogen-bond donors (Lipinski definition) is 1. The van der Waals surface area contributed by atoms with Crippen molar-refractivity contribution in [2.75, 3.05) is 13.7 Å². The van der Waals surface area contributed by atoms with Crippen molar-refractivity contribution in [2.45, 2.75) is 97.8 Å². The first-order valence-electron chi connectivity index (χ1n) is 12.9. The lowest BCUT2D eigenvalue weighted by molar-refractivity contribution is -0.153. The number of hydrogen-bond acceptors (Lipinski definition) is 11. The molecule has 2 N–H and O–H groups in total. The van der Waals surface area contributed by atoms with Gasteiger partial charge < -0.3 is 34.2 Å². The summed E-state index contributed by atoms with van der Waals surface area (Å²) in [5.74, 6) is -1.63. The Morgan fingerprint density at radius 2 is 1.44 bits per heavy atom. The summed E-state index contributed by atoms with van der Waals surface area (Å²) in [6, 6.07) is 4.31. The maximum atomic E-state index is 12.6. The van der Waals surface area contributed by atoms with Crippen LogP contribution in [0.2, 0.25) is 0 Å². The lowest BCUT2D eigenvalue weighted by Crippen LogP contribution is -2.51. The van der Waals surface area contributed by atoms with Gasteiger partial charge in [-0.25, -0.2) is 9.59 Å². The highest BCUT2D eigenvalue weighted by Crippen LogP contribution is 2.32. The fourth-order valence-corrected chi connectivity index (χ4v) is 3.40. The van der Waals surface area contributed by atoms with Crippen LogP contribution in [0.1, 0.15) is 80.2 Å². The van der Waals surface area contributed by atoms with Crippen LogP contribution in [0.5, 0.6) is 11.5 Å². The van der Waals surface area contributed by atoms with E-state index in [1.807, 2.05) is 6.92 Å². The Labute approximate surface area is 230 Å². The molecule has 0 fully saturated rings. The summed E-state index contributed by atoms with van der Waals surface area (Å²) in [5.41, 5.74) is 3.64. The van der Waals surface area contributed by atoms with Gasteiger partial charge in [-0.15, -0.1) is 0 Å². The molecular formula is C28H43NO10. The van der Waals surface area contributed by atoms with E-state index in [0.29, 0.717) is 12.0 Å². The van der Waals surface area contributed by atoms with Crippen LogP contribution in [0.25, 0.3) is 0 Å². The number of esters is 2. The van der Waals surface area contributed by atoms with E-state index in [0.717, 1.165) is 6.42 Å². The normalized spacial score (nSPS) is 13.9. The van der Waals surface area contributed by atoms with Gasteiger partial charge in [-0.3, -0.25) is 9.59 Å². The topological polar surface area (TPSA) is 150 Å². The number of rotatable bonds is 11. The van der Waals surface area contributed by atoms with Gasteiger partial charge in [0.05, 0.1) is 19.6 Å². The first-order chi connectivity index (χ1) is 17.9. The number of ether oxygens (including phenoxy) is 6. The van der Waals surface area contributed by atoms with Gasteiger partial charge in [0.25, 0.3) is 0 Å². The third-order valence-electron chi connectivity index (χ3n) is 5.20. The predicted molar refractivity (Wildman–Crippen MR) is 142 cm³/mol. The van der Waals surface area contributed by atoms with Crippen LogP contribution in [0, 0.1) is 5.92 Å². The van der Waals surface area contributed by atoms with Gasteiger partial charge in [-0.1, -0.05) is 26.3 Å². The molecule has 1 unspecified atom stereocenters. The summed E-state index contributed by atoms with van der Waals surface area (Å²) in [4.78, 5) is 49.5. The van der Waals surface area contributed by atoms with E-state index in [1.165, 1.54) is 19.2 Å². The standard InChI is InChI=1S/C28H43NO10/c1-10-11-18(2)22(30)35-15-14-28(29,23(31)34-9)17-19-12-13-20(36-24(32)38-26(3,4)5)21(16-19)37-25(33)39-27(6,7)8/h12-13,16,18H,10-11,14-15,17,29H2,1-9H3/t18-,28?/m0/s1. The summed E-state index contributed by atoms with van der Waals surface area (Å²) in [6.07, 6.45) is -0.621. The van der Waals surface area contributed by atoms with Crippen molar-refractivity contribution < 1.29 is 47.6 Å². The van der Waals surface area contributed by atoms with Crippen molar-refractivity contribution in [3.05, 3.63) is 23.8 Å². The van der Waals surface area contributed by atoms with Crippen LogP contribution in [-0.4, -0.2) is 54.7 Å². The molecule has 11 heteroatoms. The van der Waals surface area contributed by atoms with Crippen LogP contribution in [0.15, 0.2) is 18.2 Å². The van der Waals surface area contributed by atoms with E-state index in [4.69, 9.17) is 34.2 Å². The molecule has 1 aromatic rings. The molecular weight excluding hydrogens is 510 g/mol. The molecule has 0 saturated carbocycles. The van der Waals surface area contributed by atoms with Crippen LogP contribution in [-0.2, 0) is 35.0 Å². The number of methoxy groups -OCH3 is 1. The van der Waals surface area contributed by atoms with Crippen molar-refractivity contribution in [3.63, 3.8) is 0 Å². The highest BCUT2D eigenvalue weighted by Gasteiger charge is 2.36. The van der Waals surface area contributed by atoms with Gasteiger partial charge in [-0.2, -0.15) is 0 Å². The summed E-state index contributed by atoms with van der Waals surface area (Å²) < 4.78 is 31.2. The molecule has 0 bridgehead atoms. The zero-order valence-corrected chi connectivity index (χ0v) is 24.5. The molecule has 11 nitrogen and oxygen atoms in total. The van der Waals surface area contributed by atoms with Crippen molar-refractivity contribution in [2.24, 2.45) is 11.7 Å². The minimum Gasteiger partial charge on any atom is -0.468 e. The van der Waals surface area contributed by atoms with Gasteiger partial charge in [-0.05, 0) is 65.7 Å². The second-order valence-electron chi connectivity index (χ2n) is 11.3. The smallest absolute Gasteiger partial charge is 0.468 e. The molecule has 0 saturated heterocycles. The quantitative estimate of drug-likeness (QED) is 0.221. The lowest BCUT2D eigenvalue weighted by atomic mass is 9.88. The Morgan fingerprint density at radius 3 is 1.92 bits per heavy atom. The third-order valence-corrected chi connectivity index (χ3v) is 5.20. The van der Waals surface area contributed by atoms with E-state index >= 15 is 0 Å². The fraction of sp³-hybridized carbons (Fsp3) is 0.643. The van der Waals surface area contributed by atoms with Crippen molar-refractivity contribution >= 4 is 24.2 Å². The molecule has 39 heavy (non-hydrogen) atoms. The first-order valence-corrected chi connectivity index (χ1v) is 12.9. The van der Waals surface area contributed by atoms with Gasteiger partial charge >= 0.3 is 24.2 Å². The van der Waals surface area contributed by atoms with E-state index in [-0.39, 0.29) is 42.8 Å². The van der Waals surface area contributed by atoms with E-state index < -0.39 is 35.0 Å². The van der Waals surface area contributed by atoms with Gasteiger partial charge in [0.1, 0.15) is 16.7 Å². The molecule has 2 atom stereocenters. The molecule has 0 spiro atoms. The molecule has 0 heterocycles. The second-order valence-corrected chi connectivity index (χ2v) is 11.3. The maximum Gasteiger partial charge on any atom is 0.514 e. The Hall–Kier alpha value is -3.34. The summed E-state index contributed by atoms with van der Waals surface area (Å²) in [5, 5.41) is 0. The van der Waals surface area contributed by atoms with E-state index in [2.05, 4.69) is 0 Å². The molecule has 0 aliphatic carbocycles. The second kappa shape index (κ2) is 14.2. The predicted octanol–water partition coefficient (Wildman–Crippen LogP) is 5.10. The molecule has 1 aromatic carbocycles. The molecule has 220 valence electrons. The average molecular weight is 554 g/mol. The van der Waals surface area contributed by atoms with Gasteiger partial charge in [0.2, 0.25) is 0 Å². The van der Waals surface area contributed by atoms with Crippen LogP contribution in [0.4, 0.5) is 9.59 Å². The SMILES string of the molecule is CCC[C@H](C)C(=O)OCCC(N)(Cc1ccc(OC(=O)OC(C)(C)C)c(OC(=O)OC(C)(C)C)c1)C(=O)OC. The Kier molecular flexibility index (Phi) is 12.2. The van der Waals surface area contributed by atoms with Crippen molar-refractivity contribution in [1.29, 1.82) is 0 Å². The summed E-state index contributed by atoms with van der Waals surface area (Å²) >= 11 is 0. The molecule has 1 rings (SSSR count). The Bertz CT molecular complexity index is 1010. The van der Waals surface area contributed by atoms with Crippen molar-refractivity contribution in [1.82, 2.24) is 0 Å². The molecule has 0 amide bonds. The fourth-order valence-electron chi connectivity index (χ4n) is 3.40. The highest BCUT2D eigenvalue weighted by atomic mass is 16.8. The third kappa shape index (κ3) is 12.4. The summed E-state index contributed by atoms with van der Waals surface area (Å²) in [7, 11) is 1.20. The van der Waals surface area contributed by atoms with Crippen molar-refractivity contribution in [3.8, 4) is 11.5 Å². The summed E-state index contributed by atoms with van der Waals surface area (Å²) in [6.45, 7) is 13.7. The maximum absolute atomic E-state index is 12.6. The number of carbonyl (C=O) groups is 4. The Morgan fingerprint density at radius 1 is 0.897 bits per heavy atom. The molecule has 0 aromatic heterocycles. The molecule has 0 radical (unpaired) electrons. The molecule has 0 aliphatic rings. The van der Waals surface area contributed by atoms with Crippen LogP contribution in [0.3, 0.4) is 0 Å². The highest BCUT2D eigenvalue weighted by molar-refractivity contribution is 5.81. The lowest BCUT2D eigenvalue weighted by Gasteiger charge is -2.27. The van der Waals surface area contributed by atoms with Gasteiger partial charge in [0.15, 0.2) is 11.5 Å². The minimum atomic E-state index is -1.57. The zero-order valence-electron chi connectivity index (χ0n) is 24.5. The number of benzene rings is 1. The average Bonchev–Trinajstić information content (AvgIpc) is 2.77. The van der Waals surface area contributed by atoms with E-state index in [9.17, 15) is 19.2 Å².